The summed E-state index contributed by atoms with van der Waals surface area (Å²) < 4.78 is 35.6. The lowest BCUT2D eigenvalue weighted by Gasteiger charge is -2.23. The van der Waals surface area contributed by atoms with Crippen LogP contribution in [0.3, 0.4) is 0 Å². The number of hydrogen-bond acceptors (Lipinski definition) is 4. The van der Waals surface area contributed by atoms with Crippen LogP contribution >= 0.6 is 0 Å². The number of nitrogens with one attached hydrogen (secondary N) is 1. The van der Waals surface area contributed by atoms with Crippen LogP contribution < -0.4 is 5.32 Å². The van der Waals surface area contributed by atoms with Crippen LogP contribution in [0, 0.1) is 5.82 Å². The second-order valence-electron chi connectivity index (χ2n) is 4.55. The van der Waals surface area contributed by atoms with Crippen molar-refractivity contribution in [1.82, 2.24) is 5.32 Å². The topological polar surface area (TPSA) is 66.4 Å². The van der Waals surface area contributed by atoms with E-state index in [0.717, 1.165) is 0 Å². The second-order valence-corrected chi connectivity index (χ2v) is 6.86. The summed E-state index contributed by atoms with van der Waals surface area (Å²) in [6.07, 6.45) is 1.14. The van der Waals surface area contributed by atoms with E-state index in [2.05, 4.69) is 5.32 Å². The molecule has 18 heavy (non-hydrogen) atoms. The number of aromatic hydroxyl groups is 1. The molecule has 4 nitrogen and oxygen atoms in total. The van der Waals surface area contributed by atoms with E-state index in [1.54, 1.807) is 6.07 Å². The molecular weight excluding hydrogens is 257 g/mol. The highest BCUT2D eigenvalue weighted by molar-refractivity contribution is 7.91. The van der Waals surface area contributed by atoms with Gasteiger partial charge in [-0.15, -0.1) is 0 Å². The van der Waals surface area contributed by atoms with E-state index in [9.17, 15) is 17.9 Å². The Morgan fingerprint density at radius 2 is 2.00 bits per heavy atom. The molecule has 0 atom stereocenters. The third-order valence-corrected chi connectivity index (χ3v) is 4.92. The second kappa shape index (κ2) is 5.24. The molecule has 1 aromatic rings. The van der Waals surface area contributed by atoms with Gasteiger partial charge in [-0.05, 0) is 18.9 Å². The zero-order chi connectivity index (χ0) is 13.2. The van der Waals surface area contributed by atoms with E-state index in [4.69, 9.17) is 0 Å². The molecule has 6 heteroatoms. The molecule has 0 radical (unpaired) electrons. The van der Waals surface area contributed by atoms with Gasteiger partial charge in [0, 0.05) is 18.2 Å². The van der Waals surface area contributed by atoms with E-state index >= 15 is 0 Å². The standard InChI is InChI=1S/C12H16FNO3S/c13-11-3-1-2-9(12(11)15)8-14-10-4-6-18(16,17)7-5-10/h1-3,10,14-15H,4-8H2. The summed E-state index contributed by atoms with van der Waals surface area (Å²) in [5.41, 5.74) is 0.489. The lowest BCUT2D eigenvalue weighted by atomic mass is 10.1. The van der Waals surface area contributed by atoms with Gasteiger partial charge in [0.25, 0.3) is 0 Å². The van der Waals surface area contributed by atoms with Crippen molar-refractivity contribution in [2.75, 3.05) is 11.5 Å². The Labute approximate surface area is 106 Å². The van der Waals surface area contributed by atoms with Crippen molar-refractivity contribution < 1.29 is 17.9 Å². The normalized spacial score (nSPS) is 19.8. The van der Waals surface area contributed by atoms with Gasteiger partial charge >= 0.3 is 0 Å². The van der Waals surface area contributed by atoms with Crippen LogP contribution in [0.25, 0.3) is 0 Å². The third-order valence-electron chi connectivity index (χ3n) is 3.21. The minimum atomic E-state index is -2.86. The molecule has 1 aromatic carbocycles. The summed E-state index contributed by atoms with van der Waals surface area (Å²) in [4.78, 5) is 0. The first kappa shape index (κ1) is 13.3. The SMILES string of the molecule is O=S1(=O)CCC(NCc2cccc(F)c2O)CC1. The smallest absolute Gasteiger partial charge is 0.165 e. The molecule has 2 N–H and O–H groups in total. The molecule has 1 saturated heterocycles. The number of halogens is 1. The van der Waals surface area contributed by atoms with Gasteiger partial charge in [-0.1, -0.05) is 12.1 Å². The van der Waals surface area contributed by atoms with Crippen LogP contribution in [0.4, 0.5) is 4.39 Å². The molecule has 0 amide bonds. The fourth-order valence-electron chi connectivity index (χ4n) is 2.05. The van der Waals surface area contributed by atoms with Gasteiger partial charge in [-0.25, -0.2) is 12.8 Å². The summed E-state index contributed by atoms with van der Waals surface area (Å²) in [7, 11) is -2.86. The lowest BCUT2D eigenvalue weighted by Crippen LogP contribution is -2.37. The fraction of sp³-hybridized carbons (Fsp3) is 0.500. The first-order valence-corrected chi connectivity index (χ1v) is 7.70. The van der Waals surface area contributed by atoms with Crippen LogP contribution in [0.1, 0.15) is 18.4 Å². The molecule has 0 unspecified atom stereocenters. The predicted octanol–water partition coefficient (Wildman–Crippen LogP) is 1.20. The average molecular weight is 273 g/mol. The number of benzene rings is 1. The van der Waals surface area contributed by atoms with E-state index in [0.29, 0.717) is 24.9 Å². The Balaban J connectivity index is 1.91. The zero-order valence-corrected chi connectivity index (χ0v) is 10.7. The zero-order valence-electron chi connectivity index (χ0n) is 9.89. The van der Waals surface area contributed by atoms with Crippen molar-refractivity contribution in [2.24, 2.45) is 0 Å². The number of phenolic OH excluding ortho intramolecular Hbond substituents is 1. The van der Waals surface area contributed by atoms with Crippen molar-refractivity contribution in [3.8, 4) is 5.75 Å². The van der Waals surface area contributed by atoms with Gasteiger partial charge in [0.15, 0.2) is 11.6 Å². The van der Waals surface area contributed by atoms with E-state index in [-0.39, 0.29) is 23.3 Å². The van der Waals surface area contributed by atoms with Crippen LogP contribution in [0.15, 0.2) is 18.2 Å². The fourth-order valence-corrected chi connectivity index (χ4v) is 3.54. The summed E-state index contributed by atoms with van der Waals surface area (Å²) >= 11 is 0. The number of para-hydroxylation sites is 1. The number of hydrogen-bond donors (Lipinski definition) is 2. The van der Waals surface area contributed by atoms with Crippen molar-refractivity contribution in [3.63, 3.8) is 0 Å². The molecule has 1 aliphatic rings. The first-order valence-electron chi connectivity index (χ1n) is 5.88. The maximum atomic E-state index is 13.1. The van der Waals surface area contributed by atoms with Gasteiger partial charge in [-0.3, -0.25) is 0 Å². The molecule has 0 aromatic heterocycles. The van der Waals surface area contributed by atoms with Crippen LogP contribution in [-0.2, 0) is 16.4 Å². The van der Waals surface area contributed by atoms with Crippen molar-refractivity contribution >= 4 is 9.84 Å². The molecule has 0 spiro atoms. The highest BCUT2D eigenvalue weighted by atomic mass is 32.2. The monoisotopic (exact) mass is 273 g/mol. The Bertz CT molecular complexity index is 516. The summed E-state index contributed by atoms with van der Waals surface area (Å²) in [5, 5.41) is 12.7. The van der Waals surface area contributed by atoms with E-state index < -0.39 is 15.7 Å². The quantitative estimate of drug-likeness (QED) is 0.868. The minimum absolute atomic E-state index is 0.108. The average Bonchev–Trinajstić information content (AvgIpc) is 2.33. The van der Waals surface area contributed by atoms with Crippen LogP contribution in [0.5, 0.6) is 5.75 Å². The summed E-state index contributed by atoms with van der Waals surface area (Å²) in [6.45, 7) is 0.342. The first-order chi connectivity index (χ1) is 8.48. The van der Waals surface area contributed by atoms with Crippen molar-refractivity contribution in [2.45, 2.75) is 25.4 Å². The number of rotatable bonds is 3. The number of sulfone groups is 1. The maximum Gasteiger partial charge on any atom is 0.165 e. The van der Waals surface area contributed by atoms with Gasteiger partial charge in [0.05, 0.1) is 11.5 Å². The minimum Gasteiger partial charge on any atom is -0.505 e. The van der Waals surface area contributed by atoms with E-state index in [1.807, 2.05) is 0 Å². The largest absolute Gasteiger partial charge is 0.505 e. The lowest BCUT2D eigenvalue weighted by molar-refractivity contribution is 0.413. The highest BCUT2D eigenvalue weighted by Gasteiger charge is 2.23. The van der Waals surface area contributed by atoms with Crippen molar-refractivity contribution in [3.05, 3.63) is 29.6 Å². The molecule has 1 aliphatic heterocycles. The Hall–Kier alpha value is -1.14. The number of phenols is 1. The van der Waals surface area contributed by atoms with Gasteiger partial charge in [-0.2, -0.15) is 0 Å². The van der Waals surface area contributed by atoms with Crippen LogP contribution in [0.2, 0.25) is 0 Å². The van der Waals surface area contributed by atoms with Crippen molar-refractivity contribution in [1.29, 1.82) is 0 Å². The molecule has 1 heterocycles. The highest BCUT2D eigenvalue weighted by Crippen LogP contribution is 2.21. The van der Waals surface area contributed by atoms with Gasteiger partial charge in [0.2, 0.25) is 0 Å². The molecule has 2 rings (SSSR count). The van der Waals surface area contributed by atoms with Gasteiger partial charge in [0.1, 0.15) is 9.84 Å². The maximum absolute atomic E-state index is 13.1. The summed E-state index contributed by atoms with van der Waals surface area (Å²) in [6, 6.07) is 4.49. The Morgan fingerprint density at radius 1 is 1.33 bits per heavy atom. The molecule has 0 saturated carbocycles. The molecule has 0 aliphatic carbocycles. The molecule has 0 bridgehead atoms. The molecule has 100 valence electrons. The van der Waals surface area contributed by atoms with Crippen LogP contribution in [-0.4, -0.2) is 31.1 Å². The van der Waals surface area contributed by atoms with E-state index in [1.165, 1.54) is 12.1 Å². The Morgan fingerprint density at radius 3 is 2.67 bits per heavy atom. The third kappa shape index (κ3) is 3.20. The Kier molecular flexibility index (Phi) is 3.87. The predicted molar refractivity (Wildman–Crippen MR) is 66.6 cm³/mol. The molecule has 1 fully saturated rings. The molecular formula is C12H16FNO3S. The van der Waals surface area contributed by atoms with Gasteiger partial charge < -0.3 is 10.4 Å². The summed E-state index contributed by atoms with van der Waals surface area (Å²) in [5.74, 6) is -0.589.